The van der Waals surface area contributed by atoms with Crippen LogP contribution < -0.4 is 24.6 Å². The van der Waals surface area contributed by atoms with Gasteiger partial charge in [-0.25, -0.2) is 14.2 Å². The zero-order valence-electron chi connectivity index (χ0n) is 19.7. The van der Waals surface area contributed by atoms with E-state index >= 15 is 0 Å². The number of hydrogen-bond acceptors (Lipinski definition) is 8. The van der Waals surface area contributed by atoms with Crippen molar-refractivity contribution in [1.29, 1.82) is 0 Å². The molecule has 3 aromatic rings. The van der Waals surface area contributed by atoms with Gasteiger partial charge in [0.15, 0.2) is 5.82 Å². The Bertz CT molecular complexity index is 1210. The maximum absolute atomic E-state index is 14.8. The maximum Gasteiger partial charge on any atom is 0.414 e. The molecule has 1 aromatic carbocycles. The summed E-state index contributed by atoms with van der Waals surface area (Å²) in [4.78, 5) is 24.6. The van der Waals surface area contributed by atoms with Crippen molar-refractivity contribution in [2.75, 3.05) is 49.7 Å². The number of anilines is 2. The molecule has 0 spiro atoms. The second-order valence-electron chi connectivity index (χ2n) is 8.56. The molecule has 2 aliphatic rings. The smallest absolute Gasteiger partial charge is 0.414 e. The Kier molecular flexibility index (Phi) is 6.54. The van der Waals surface area contributed by atoms with Crippen LogP contribution in [0.15, 0.2) is 42.6 Å². The Hall–Kier alpha value is -3.66. The molecular weight excluding hydrogens is 453 g/mol. The predicted octanol–water partition coefficient (Wildman–Crippen LogP) is 3.37. The van der Waals surface area contributed by atoms with E-state index in [0.29, 0.717) is 55.4 Å². The summed E-state index contributed by atoms with van der Waals surface area (Å²) in [5.41, 5.74) is 2.31. The molecule has 2 fully saturated rings. The van der Waals surface area contributed by atoms with Gasteiger partial charge in [-0.2, -0.15) is 0 Å². The molecule has 0 bridgehead atoms. The molecule has 0 radical (unpaired) electrons. The number of methoxy groups -OCH3 is 1. The summed E-state index contributed by atoms with van der Waals surface area (Å²) >= 11 is 0. The van der Waals surface area contributed by atoms with Gasteiger partial charge in [0.1, 0.15) is 23.1 Å². The van der Waals surface area contributed by atoms with Crippen LogP contribution in [0.3, 0.4) is 0 Å². The number of benzene rings is 1. The van der Waals surface area contributed by atoms with Gasteiger partial charge in [-0.1, -0.05) is 0 Å². The van der Waals surface area contributed by atoms with Gasteiger partial charge in [0, 0.05) is 37.4 Å². The lowest BCUT2D eigenvalue weighted by Gasteiger charge is -2.21. The molecule has 1 N–H and O–H groups in total. The first-order valence-corrected chi connectivity index (χ1v) is 11.7. The van der Waals surface area contributed by atoms with E-state index < -0.39 is 5.82 Å². The Morgan fingerprint density at radius 3 is 2.80 bits per heavy atom. The molecule has 1 amide bonds. The fourth-order valence-electron chi connectivity index (χ4n) is 4.58. The molecule has 2 aliphatic heterocycles. The summed E-state index contributed by atoms with van der Waals surface area (Å²) in [6, 6.07) is 11.0. The van der Waals surface area contributed by atoms with Crippen molar-refractivity contribution in [1.82, 2.24) is 15.3 Å². The van der Waals surface area contributed by atoms with Crippen molar-refractivity contribution >= 4 is 28.5 Å². The second-order valence-corrected chi connectivity index (χ2v) is 8.56. The Morgan fingerprint density at radius 1 is 1.20 bits per heavy atom. The van der Waals surface area contributed by atoms with Crippen LogP contribution in [-0.4, -0.2) is 68.1 Å². The first kappa shape index (κ1) is 23.1. The van der Waals surface area contributed by atoms with Crippen molar-refractivity contribution in [2.45, 2.75) is 25.5 Å². The molecule has 5 rings (SSSR count). The van der Waals surface area contributed by atoms with Crippen molar-refractivity contribution in [3.05, 3.63) is 48.4 Å². The van der Waals surface area contributed by atoms with Gasteiger partial charge in [-0.05, 0) is 43.7 Å². The summed E-state index contributed by atoms with van der Waals surface area (Å²) in [7, 11) is 1.53. The SMILES string of the molecule is CCOc1ccc(N2C[C@@H](CN[C@H]3CCN(c4c(F)cnc5ccc(OC)nc45)C3)OC2=O)cc1. The third kappa shape index (κ3) is 4.79. The molecular formula is C25H28FN5O4. The Morgan fingerprint density at radius 2 is 2.03 bits per heavy atom. The van der Waals surface area contributed by atoms with Crippen LogP contribution in [0, 0.1) is 5.82 Å². The molecule has 35 heavy (non-hydrogen) atoms. The van der Waals surface area contributed by atoms with Crippen LogP contribution in [0.4, 0.5) is 20.6 Å². The molecule has 184 valence electrons. The zero-order chi connectivity index (χ0) is 24.4. The number of halogens is 1. The third-order valence-corrected chi connectivity index (χ3v) is 6.30. The minimum atomic E-state index is -0.408. The van der Waals surface area contributed by atoms with Crippen LogP contribution in [-0.2, 0) is 4.74 Å². The first-order valence-electron chi connectivity index (χ1n) is 11.7. The molecule has 10 heteroatoms. The van der Waals surface area contributed by atoms with E-state index in [2.05, 4.69) is 15.3 Å². The van der Waals surface area contributed by atoms with Crippen LogP contribution in [0.5, 0.6) is 11.6 Å². The van der Waals surface area contributed by atoms with Gasteiger partial charge in [0.2, 0.25) is 5.88 Å². The number of ether oxygens (including phenoxy) is 3. The fraction of sp³-hybridized carbons (Fsp3) is 0.400. The average Bonchev–Trinajstić information content (AvgIpc) is 3.49. The number of amides is 1. The van der Waals surface area contributed by atoms with Gasteiger partial charge in [0.05, 0.1) is 32.0 Å². The van der Waals surface area contributed by atoms with Gasteiger partial charge in [-0.3, -0.25) is 9.88 Å². The number of nitrogens with zero attached hydrogens (tertiary/aromatic N) is 4. The molecule has 9 nitrogen and oxygen atoms in total. The molecule has 2 aromatic heterocycles. The normalized spacial score (nSPS) is 19.9. The predicted molar refractivity (Wildman–Crippen MR) is 130 cm³/mol. The maximum atomic E-state index is 14.8. The number of hydrogen-bond donors (Lipinski definition) is 1. The van der Waals surface area contributed by atoms with Crippen molar-refractivity contribution in [3.63, 3.8) is 0 Å². The van der Waals surface area contributed by atoms with Gasteiger partial charge in [-0.15, -0.1) is 0 Å². The largest absolute Gasteiger partial charge is 0.494 e. The topological polar surface area (TPSA) is 89.1 Å². The highest BCUT2D eigenvalue weighted by molar-refractivity contribution is 5.90. The zero-order valence-corrected chi connectivity index (χ0v) is 19.7. The molecule has 4 heterocycles. The van der Waals surface area contributed by atoms with E-state index in [0.717, 1.165) is 17.9 Å². The average molecular weight is 482 g/mol. The molecule has 0 unspecified atom stereocenters. The van der Waals surface area contributed by atoms with E-state index in [4.69, 9.17) is 14.2 Å². The van der Waals surface area contributed by atoms with E-state index in [1.807, 2.05) is 36.1 Å². The van der Waals surface area contributed by atoms with Gasteiger partial charge >= 0.3 is 6.09 Å². The minimum Gasteiger partial charge on any atom is -0.494 e. The summed E-state index contributed by atoms with van der Waals surface area (Å²) < 4.78 is 31.1. The van der Waals surface area contributed by atoms with Crippen molar-refractivity contribution < 1.29 is 23.4 Å². The minimum absolute atomic E-state index is 0.126. The van der Waals surface area contributed by atoms with Crippen molar-refractivity contribution in [3.8, 4) is 11.6 Å². The monoisotopic (exact) mass is 481 g/mol. The first-order chi connectivity index (χ1) is 17.1. The van der Waals surface area contributed by atoms with Crippen LogP contribution in [0.2, 0.25) is 0 Å². The Balaban J connectivity index is 1.20. The quantitative estimate of drug-likeness (QED) is 0.524. The number of fused-ring (bicyclic) bond motifs is 1. The third-order valence-electron chi connectivity index (χ3n) is 6.30. The highest BCUT2D eigenvalue weighted by Crippen LogP contribution is 2.31. The number of nitrogens with one attached hydrogen (secondary N) is 1. The lowest BCUT2D eigenvalue weighted by molar-refractivity contribution is 0.138. The van der Waals surface area contributed by atoms with Crippen LogP contribution in [0.25, 0.3) is 11.0 Å². The molecule has 2 saturated heterocycles. The Labute approximate surface area is 202 Å². The van der Waals surface area contributed by atoms with Crippen LogP contribution in [0.1, 0.15) is 13.3 Å². The highest BCUT2D eigenvalue weighted by atomic mass is 19.1. The number of aromatic nitrogens is 2. The van der Waals surface area contributed by atoms with Crippen molar-refractivity contribution in [2.24, 2.45) is 0 Å². The van der Waals surface area contributed by atoms with Gasteiger partial charge in [0.25, 0.3) is 0 Å². The fourth-order valence-corrected chi connectivity index (χ4v) is 4.58. The number of carbonyl (C=O) groups excluding carboxylic acids is 1. The molecule has 2 atom stereocenters. The molecule has 0 saturated carbocycles. The van der Waals surface area contributed by atoms with E-state index in [9.17, 15) is 9.18 Å². The summed E-state index contributed by atoms with van der Waals surface area (Å²) in [6.45, 7) is 4.78. The lowest BCUT2D eigenvalue weighted by atomic mass is 10.2. The van der Waals surface area contributed by atoms with Crippen LogP contribution >= 0.6 is 0 Å². The number of cyclic esters (lactones) is 1. The standard InChI is InChI=1S/C25H28FN5O4/c1-3-34-18-6-4-17(5-7-18)31-15-19(35-25(31)32)12-27-16-10-11-30(14-16)24-20(26)13-28-21-8-9-22(33-2)29-23(21)24/h4-9,13,16,19,27H,3,10-12,14-15H2,1-2H3/t16-,19+/m0/s1. The van der Waals surface area contributed by atoms with E-state index in [-0.39, 0.29) is 18.2 Å². The second kappa shape index (κ2) is 9.91. The summed E-state index contributed by atoms with van der Waals surface area (Å²) in [6.07, 6.45) is 1.43. The highest BCUT2D eigenvalue weighted by Gasteiger charge is 2.34. The summed E-state index contributed by atoms with van der Waals surface area (Å²) in [5.74, 6) is 0.773. The lowest BCUT2D eigenvalue weighted by Crippen LogP contribution is -2.39. The number of carbonyl (C=O) groups is 1. The summed E-state index contributed by atoms with van der Waals surface area (Å²) in [5, 5.41) is 3.48. The van der Waals surface area contributed by atoms with E-state index in [1.54, 1.807) is 17.0 Å². The van der Waals surface area contributed by atoms with E-state index in [1.165, 1.54) is 13.3 Å². The number of pyridine rings is 2. The molecule has 0 aliphatic carbocycles. The number of rotatable bonds is 8. The van der Waals surface area contributed by atoms with Gasteiger partial charge < -0.3 is 24.4 Å².